The molecule has 0 spiro atoms. The predicted molar refractivity (Wildman–Crippen MR) is 105 cm³/mol. The number of nitrogens with zero attached hydrogens (tertiary/aromatic N) is 2. The molecule has 4 rings (SSSR count). The van der Waals surface area contributed by atoms with E-state index in [0.29, 0.717) is 18.4 Å². The molecule has 27 heavy (non-hydrogen) atoms. The zero-order chi connectivity index (χ0) is 18.8. The van der Waals surface area contributed by atoms with E-state index >= 15 is 0 Å². The summed E-state index contributed by atoms with van der Waals surface area (Å²) in [6, 6.07) is 10.4. The summed E-state index contributed by atoms with van der Waals surface area (Å²) in [6.07, 6.45) is 6.62. The van der Waals surface area contributed by atoms with E-state index in [0.717, 1.165) is 12.1 Å². The third kappa shape index (κ3) is 3.75. The van der Waals surface area contributed by atoms with E-state index in [1.54, 1.807) is 4.90 Å². The third-order valence-electron chi connectivity index (χ3n) is 6.83. The molecule has 5 heteroatoms. The highest BCUT2D eigenvalue weighted by atomic mass is 16.2. The molecule has 3 saturated heterocycles. The zero-order valence-corrected chi connectivity index (χ0v) is 16.3. The fraction of sp³-hybridized carbons (Fsp3) is 0.636. The maximum absolute atomic E-state index is 13.0. The molecule has 3 heterocycles. The highest BCUT2D eigenvalue weighted by Crippen LogP contribution is 2.37. The van der Waals surface area contributed by atoms with Gasteiger partial charge in [0.25, 0.3) is 0 Å². The van der Waals surface area contributed by atoms with Crippen LogP contribution in [0.1, 0.15) is 50.1 Å². The van der Waals surface area contributed by atoms with Gasteiger partial charge in [-0.3, -0.25) is 9.59 Å². The smallest absolute Gasteiger partial charge is 0.226 e. The first-order chi connectivity index (χ1) is 13.1. The molecule has 2 amide bonds. The highest BCUT2D eigenvalue weighted by molar-refractivity contribution is 5.90. The Morgan fingerprint density at radius 1 is 1.11 bits per heavy atom. The van der Waals surface area contributed by atoms with Crippen LogP contribution < -0.4 is 5.32 Å². The molecule has 146 valence electrons. The standard InChI is InChI=1S/C22H31N3O2/c1-24-20(26)14-18(21(24)16-8-3-2-4-9-16)22(27)23-15-17-10-7-13-25-12-6-5-11-19(17)25/h2-4,8-9,17-19,21H,5-7,10-15H2,1H3,(H,23,27)/t17-,18+,19+,21-/m0/s1. The number of carbonyl (C=O) groups excluding carboxylic acids is 2. The molecule has 0 radical (unpaired) electrons. The van der Waals surface area contributed by atoms with Crippen LogP contribution in [0.4, 0.5) is 0 Å². The van der Waals surface area contributed by atoms with Crippen LogP contribution in [0.25, 0.3) is 0 Å². The van der Waals surface area contributed by atoms with E-state index in [4.69, 9.17) is 0 Å². The Labute approximate surface area is 162 Å². The van der Waals surface area contributed by atoms with E-state index in [1.165, 1.54) is 45.2 Å². The first-order valence-electron chi connectivity index (χ1n) is 10.5. The van der Waals surface area contributed by atoms with Crippen molar-refractivity contribution in [1.82, 2.24) is 15.1 Å². The Hall–Kier alpha value is -1.88. The molecule has 1 aromatic carbocycles. The number of hydrogen-bond acceptors (Lipinski definition) is 3. The molecule has 0 saturated carbocycles. The first kappa shape index (κ1) is 18.5. The summed E-state index contributed by atoms with van der Waals surface area (Å²) < 4.78 is 0. The largest absolute Gasteiger partial charge is 0.355 e. The number of likely N-dealkylation sites (tertiary alicyclic amines) is 1. The zero-order valence-electron chi connectivity index (χ0n) is 16.3. The lowest BCUT2D eigenvalue weighted by atomic mass is 9.83. The summed E-state index contributed by atoms with van der Waals surface area (Å²) in [5.74, 6) is 0.346. The minimum atomic E-state index is -0.295. The summed E-state index contributed by atoms with van der Waals surface area (Å²) in [6.45, 7) is 3.18. The Morgan fingerprint density at radius 2 is 1.89 bits per heavy atom. The number of hydrogen-bond donors (Lipinski definition) is 1. The number of fused-ring (bicyclic) bond motifs is 1. The van der Waals surface area contributed by atoms with Gasteiger partial charge >= 0.3 is 0 Å². The van der Waals surface area contributed by atoms with Crippen molar-refractivity contribution in [3.05, 3.63) is 35.9 Å². The fourth-order valence-electron chi connectivity index (χ4n) is 5.39. The molecule has 4 atom stereocenters. The van der Waals surface area contributed by atoms with Gasteiger partial charge in [-0.25, -0.2) is 0 Å². The van der Waals surface area contributed by atoms with Crippen LogP contribution in [0, 0.1) is 11.8 Å². The number of nitrogens with one attached hydrogen (secondary N) is 1. The maximum Gasteiger partial charge on any atom is 0.226 e. The second-order valence-corrected chi connectivity index (χ2v) is 8.42. The van der Waals surface area contributed by atoms with E-state index in [1.807, 2.05) is 37.4 Å². The second kappa shape index (κ2) is 8.01. The Morgan fingerprint density at radius 3 is 2.70 bits per heavy atom. The quantitative estimate of drug-likeness (QED) is 0.888. The topological polar surface area (TPSA) is 52.7 Å². The average Bonchev–Trinajstić information content (AvgIpc) is 3.01. The van der Waals surface area contributed by atoms with Gasteiger partial charge in [-0.1, -0.05) is 36.8 Å². The summed E-state index contributed by atoms with van der Waals surface area (Å²) in [7, 11) is 1.81. The van der Waals surface area contributed by atoms with Gasteiger partial charge in [0.15, 0.2) is 0 Å². The van der Waals surface area contributed by atoms with Crippen LogP contribution in [0.15, 0.2) is 30.3 Å². The average molecular weight is 370 g/mol. The molecule has 0 bridgehead atoms. The molecule has 0 aliphatic carbocycles. The predicted octanol–water partition coefficient (Wildman–Crippen LogP) is 2.59. The van der Waals surface area contributed by atoms with E-state index in [2.05, 4.69) is 10.2 Å². The van der Waals surface area contributed by atoms with Crippen LogP contribution in [0.5, 0.6) is 0 Å². The van der Waals surface area contributed by atoms with Crippen molar-refractivity contribution < 1.29 is 9.59 Å². The molecule has 0 unspecified atom stereocenters. The molecule has 0 aromatic heterocycles. The number of rotatable bonds is 4. The SMILES string of the molecule is CN1C(=O)C[C@@H](C(=O)NC[C@@H]2CCCN3CCCC[C@H]23)[C@@H]1c1ccccc1. The van der Waals surface area contributed by atoms with Crippen LogP contribution in [-0.4, -0.2) is 54.3 Å². The molecule has 1 N–H and O–H groups in total. The number of benzene rings is 1. The Bertz CT molecular complexity index is 675. The van der Waals surface area contributed by atoms with Crippen LogP contribution in [-0.2, 0) is 9.59 Å². The monoisotopic (exact) mass is 369 g/mol. The van der Waals surface area contributed by atoms with Crippen molar-refractivity contribution in [2.24, 2.45) is 11.8 Å². The fourth-order valence-corrected chi connectivity index (χ4v) is 5.39. The van der Waals surface area contributed by atoms with Crippen molar-refractivity contribution in [3.63, 3.8) is 0 Å². The van der Waals surface area contributed by atoms with Gasteiger partial charge in [-0.15, -0.1) is 0 Å². The van der Waals surface area contributed by atoms with Crippen LogP contribution in [0.3, 0.4) is 0 Å². The normalized spacial score (nSPS) is 31.6. The van der Waals surface area contributed by atoms with Gasteiger partial charge in [0, 0.05) is 26.1 Å². The van der Waals surface area contributed by atoms with Crippen molar-refractivity contribution in [3.8, 4) is 0 Å². The summed E-state index contributed by atoms with van der Waals surface area (Å²) in [5.41, 5.74) is 1.04. The molecule has 3 fully saturated rings. The van der Waals surface area contributed by atoms with Gasteiger partial charge in [0.05, 0.1) is 12.0 Å². The van der Waals surface area contributed by atoms with Crippen molar-refractivity contribution in [2.45, 2.75) is 50.6 Å². The van der Waals surface area contributed by atoms with Gasteiger partial charge in [0.1, 0.15) is 0 Å². The van der Waals surface area contributed by atoms with E-state index in [-0.39, 0.29) is 23.8 Å². The molecular weight excluding hydrogens is 338 g/mol. The van der Waals surface area contributed by atoms with Crippen molar-refractivity contribution in [1.29, 1.82) is 0 Å². The molecule has 3 aliphatic rings. The lowest BCUT2D eigenvalue weighted by molar-refractivity contribution is -0.128. The first-order valence-corrected chi connectivity index (χ1v) is 10.5. The molecule has 5 nitrogen and oxygen atoms in total. The maximum atomic E-state index is 13.0. The summed E-state index contributed by atoms with van der Waals surface area (Å²) >= 11 is 0. The van der Waals surface area contributed by atoms with E-state index in [9.17, 15) is 9.59 Å². The number of amides is 2. The summed E-state index contributed by atoms with van der Waals surface area (Å²) in [5, 5.41) is 3.22. The van der Waals surface area contributed by atoms with Gasteiger partial charge in [0.2, 0.25) is 11.8 Å². The Balaban J connectivity index is 1.42. The number of carbonyl (C=O) groups is 2. The lowest BCUT2D eigenvalue weighted by Gasteiger charge is -2.44. The van der Waals surface area contributed by atoms with Crippen molar-refractivity contribution in [2.75, 3.05) is 26.7 Å². The van der Waals surface area contributed by atoms with Gasteiger partial charge in [-0.05, 0) is 50.3 Å². The van der Waals surface area contributed by atoms with Crippen LogP contribution in [0.2, 0.25) is 0 Å². The Kier molecular flexibility index (Phi) is 5.48. The minimum Gasteiger partial charge on any atom is -0.355 e. The summed E-state index contributed by atoms with van der Waals surface area (Å²) in [4.78, 5) is 29.7. The van der Waals surface area contributed by atoms with Gasteiger partial charge < -0.3 is 15.1 Å². The molecular formula is C22H31N3O2. The second-order valence-electron chi connectivity index (χ2n) is 8.42. The number of piperidine rings is 2. The lowest BCUT2D eigenvalue weighted by Crippen LogP contribution is -2.51. The highest BCUT2D eigenvalue weighted by Gasteiger charge is 2.43. The molecule has 1 aromatic rings. The van der Waals surface area contributed by atoms with Gasteiger partial charge in [-0.2, -0.15) is 0 Å². The molecule has 3 aliphatic heterocycles. The third-order valence-corrected chi connectivity index (χ3v) is 6.83. The van der Waals surface area contributed by atoms with E-state index < -0.39 is 0 Å². The van der Waals surface area contributed by atoms with Crippen molar-refractivity contribution >= 4 is 11.8 Å². The minimum absolute atomic E-state index is 0.0366. The van der Waals surface area contributed by atoms with Crippen LogP contribution >= 0.6 is 0 Å².